The zero-order valence-corrected chi connectivity index (χ0v) is 6.83. The Labute approximate surface area is 67.8 Å². The van der Waals surface area contributed by atoms with Crippen molar-refractivity contribution in [1.82, 2.24) is 4.90 Å². The monoisotopic (exact) mass is 245 g/mol. The third-order valence-corrected chi connectivity index (χ3v) is 0. The summed E-state index contributed by atoms with van der Waals surface area (Å²) >= 11 is 0. The van der Waals surface area contributed by atoms with Gasteiger partial charge in [-0.1, -0.05) is 0 Å². The quantitative estimate of drug-likeness (QED) is 0.341. The molecule has 0 bridgehead atoms. The SMILES string of the molecule is CN(C)C.F.F.F.[Ag+].[F-]. The molecule has 1 nitrogen and oxygen atoms in total. The standard InChI is InChI=1S/C3H9N.Ag.4FH/c1-4(2)3;;;;;/h1-3H3;;4*1H/q;+1;;;;/p-1. The van der Waals surface area contributed by atoms with E-state index in [2.05, 4.69) is 0 Å². The molecule has 9 heavy (non-hydrogen) atoms. The zero-order valence-electron chi connectivity index (χ0n) is 5.35. The predicted octanol–water partition coefficient (Wildman–Crippen LogP) is -2.36. The fourth-order valence-electron chi connectivity index (χ4n) is 0. The summed E-state index contributed by atoms with van der Waals surface area (Å²) in [6, 6.07) is 0. The first-order valence-electron chi connectivity index (χ1n) is 1.34. The summed E-state index contributed by atoms with van der Waals surface area (Å²) in [5.41, 5.74) is 0. The maximum absolute atomic E-state index is 2.00. The van der Waals surface area contributed by atoms with E-state index in [1.54, 1.807) is 0 Å². The molecule has 0 heterocycles. The van der Waals surface area contributed by atoms with E-state index < -0.39 is 0 Å². The second-order valence-corrected chi connectivity index (χ2v) is 1.34. The Hall–Kier alpha value is 0.420. The molecule has 0 radical (unpaired) electrons. The Balaban J connectivity index is -0.00000000450. The third kappa shape index (κ3) is 1970. The van der Waals surface area contributed by atoms with E-state index >= 15 is 0 Å². The van der Waals surface area contributed by atoms with Gasteiger partial charge in [0.2, 0.25) is 0 Å². The van der Waals surface area contributed by atoms with E-state index in [1.165, 1.54) is 0 Å². The van der Waals surface area contributed by atoms with Crippen LogP contribution in [-0.2, 0) is 22.4 Å². The molecule has 0 N–H and O–H groups in total. The largest absolute Gasteiger partial charge is 1.00 e. The number of hydrogen-bond acceptors (Lipinski definition) is 1. The Morgan fingerprint density at radius 1 is 0.778 bits per heavy atom. The Kier molecular flexibility index (Phi) is 251. The van der Waals surface area contributed by atoms with E-state index in [0.717, 1.165) is 0 Å². The van der Waals surface area contributed by atoms with Crippen molar-refractivity contribution in [2.45, 2.75) is 0 Å². The number of hydrogen-bond donors (Lipinski definition) is 0. The topological polar surface area (TPSA) is 3.24 Å². The molecule has 0 fully saturated rings. The van der Waals surface area contributed by atoms with Gasteiger partial charge in [0, 0.05) is 0 Å². The van der Waals surface area contributed by atoms with Gasteiger partial charge in [0.05, 0.1) is 0 Å². The number of nitrogens with zero attached hydrogens (tertiary/aromatic N) is 1. The van der Waals surface area contributed by atoms with Crippen LogP contribution in [0.4, 0.5) is 14.1 Å². The number of halogens is 4. The molecular weight excluding hydrogens is 234 g/mol. The van der Waals surface area contributed by atoms with Gasteiger partial charge in [-0.25, -0.2) is 0 Å². The molecule has 0 aromatic carbocycles. The first-order valence-corrected chi connectivity index (χ1v) is 1.34. The van der Waals surface area contributed by atoms with Crippen molar-refractivity contribution < 1.29 is 41.2 Å². The van der Waals surface area contributed by atoms with Crippen molar-refractivity contribution in [1.29, 1.82) is 0 Å². The molecule has 0 aliphatic rings. The molecule has 0 unspecified atom stereocenters. The van der Waals surface area contributed by atoms with Crippen LogP contribution in [0.1, 0.15) is 0 Å². The van der Waals surface area contributed by atoms with Crippen LogP contribution in [0.5, 0.6) is 0 Å². The van der Waals surface area contributed by atoms with Crippen LogP contribution < -0.4 is 4.70 Å². The molecule has 0 spiro atoms. The third-order valence-electron chi connectivity index (χ3n) is 0. The summed E-state index contributed by atoms with van der Waals surface area (Å²) in [5, 5.41) is 0. The number of rotatable bonds is 0. The molecule has 0 aromatic heterocycles. The van der Waals surface area contributed by atoms with Gasteiger partial charge in [0.15, 0.2) is 0 Å². The molecule has 0 aliphatic heterocycles. The van der Waals surface area contributed by atoms with E-state index in [0.29, 0.717) is 0 Å². The van der Waals surface area contributed by atoms with Gasteiger partial charge in [0.1, 0.15) is 0 Å². The van der Waals surface area contributed by atoms with Gasteiger partial charge in [-0.05, 0) is 21.1 Å². The van der Waals surface area contributed by atoms with Crippen molar-refractivity contribution in [2.24, 2.45) is 0 Å². The van der Waals surface area contributed by atoms with Crippen LogP contribution >= 0.6 is 0 Å². The summed E-state index contributed by atoms with van der Waals surface area (Å²) in [6.07, 6.45) is 0. The van der Waals surface area contributed by atoms with Crippen LogP contribution in [0, 0.1) is 0 Å². The summed E-state index contributed by atoms with van der Waals surface area (Å²) in [5.74, 6) is 0. The molecule has 0 saturated heterocycles. The average molecular weight is 246 g/mol. The summed E-state index contributed by atoms with van der Waals surface area (Å²) in [7, 11) is 6.00. The molecule has 6 heteroatoms. The summed E-state index contributed by atoms with van der Waals surface area (Å²) in [4.78, 5) is 2.00. The minimum atomic E-state index is 0. The Bertz CT molecular complexity index is 20.5. The first kappa shape index (κ1) is 57.1. The Morgan fingerprint density at radius 2 is 0.778 bits per heavy atom. The van der Waals surface area contributed by atoms with Crippen molar-refractivity contribution in [3.8, 4) is 0 Å². The minimum Gasteiger partial charge on any atom is -1.00 e. The first-order chi connectivity index (χ1) is 1.73. The molecule has 0 amide bonds. The van der Waals surface area contributed by atoms with E-state index in [4.69, 9.17) is 0 Å². The molecule has 0 aromatic rings. The smallest absolute Gasteiger partial charge is 1.00 e. The summed E-state index contributed by atoms with van der Waals surface area (Å²) < 4.78 is 0. The van der Waals surface area contributed by atoms with E-state index in [1.807, 2.05) is 26.0 Å². The maximum Gasteiger partial charge on any atom is 1.00 e. The average Bonchev–Trinajstić information content (AvgIpc) is 0.811. The minimum absolute atomic E-state index is 0. The Morgan fingerprint density at radius 3 is 0.778 bits per heavy atom. The maximum atomic E-state index is 2.00. The van der Waals surface area contributed by atoms with Crippen molar-refractivity contribution >= 4 is 0 Å². The van der Waals surface area contributed by atoms with Crippen molar-refractivity contribution in [3.05, 3.63) is 0 Å². The molecule has 0 atom stereocenters. The molecular formula is C3H12AgF4N. The second kappa shape index (κ2) is 39.6. The van der Waals surface area contributed by atoms with Crippen LogP contribution in [0.15, 0.2) is 0 Å². The van der Waals surface area contributed by atoms with E-state index in [9.17, 15) is 0 Å². The van der Waals surface area contributed by atoms with Crippen LogP contribution in [-0.4, -0.2) is 26.0 Å². The van der Waals surface area contributed by atoms with Crippen LogP contribution in [0.25, 0.3) is 0 Å². The zero-order chi connectivity index (χ0) is 3.58. The molecule has 0 saturated carbocycles. The molecule has 0 aliphatic carbocycles. The fraction of sp³-hybridized carbons (Fsp3) is 1.00. The van der Waals surface area contributed by atoms with Crippen LogP contribution in [0.3, 0.4) is 0 Å². The second-order valence-electron chi connectivity index (χ2n) is 1.34. The van der Waals surface area contributed by atoms with Gasteiger partial charge >= 0.3 is 22.4 Å². The van der Waals surface area contributed by atoms with Gasteiger partial charge in [-0.15, -0.1) is 0 Å². The van der Waals surface area contributed by atoms with Crippen molar-refractivity contribution in [3.63, 3.8) is 0 Å². The fourth-order valence-corrected chi connectivity index (χ4v) is 0. The molecule has 68 valence electrons. The molecule has 0 rings (SSSR count). The summed E-state index contributed by atoms with van der Waals surface area (Å²) in [6.45, 7) is 0. The van der Waals surface area contributed by atoms with Gasteiger partial charge < -0.3 is 9.60 Å². The predicted molar refractivity (Wildman–Crippen MR) is 27.1 cm³/mol. The van der Waals surface area contributed by atoms with Gasteiger partial charge in [-0.3, -0.25) is 14.1 Å². The van der Waals surface area contributed by atoms with Crippen molar-refractivity contribution in [2.75, 3.05) is 21.1 Å². The normalized spacial score (nSPS) is 4.00. The van der Waals surface area contributed by atoms with Crippen LogP contribution in [0.2, 0.25) is 0 Å². The van der Waals surface area contributed by atoms with E-state index in [-0.39, 0.29) is 41.2 Å². The van der Waals surface area contributed by atoms with Gasteiger partial charge in [0.25, 0.3) is 0 Å². The van der Waals surface area contributed by atoms with Gasteiger partial charge in [-0.2, -0.15) is 0 Å².